The lowest BCUT2D eigenvalue weighted by atomic mass is 10.1. The number of thioether (sulfide) groups is 1. The van der Waals surface area contributed by atoms with Gasteiger partial charge in [0.2, 0.25) is 11.8 Å². The van der Waals surface area contributed by atoms with E-state index in [1.807, 2.05) is 30.5 Å². The molecule has 0 aromatic heterocycles. The lowest BCUT2D eigenvalue weighted by Gasteiger charge is -2.26. The molecule has 1 saturated heterocycles. The molecule has 0 unspecified atom stereocenters. The van der Waals surface area contributed by atoms with Gasteiger partial charge in [0.25, 0.3) is 0 Å². The van der Waals surface area contributed by atoms with Crippen LogP contribution in [0, 0.1) is 0 Å². The van der Waals surface area contributed by atoms with Crippen molar-refractivity contribution >= 4 is 29.3 Å². The zero-order chi connectivity index (χ0) is 13.7. The summed E-state index contributed by atoms with van der Waals surface area (Å²) in [5.74, 6) is -0.0451. The summed E-state index contributed by atoms with van der Waals surface area (Å²) in [5.41, 5.74) is 0.810. The van der Waals surface area contributed by atoms with Crippen molar-refractivity contribution in [3.63, 3.8) is 0 Å². The molecule has 102 valence electrons. The second-order valence-electron chi connectivity index (χ2n) is 4.52. The number of hydrogen-bond acceptors (Lipinski definition) is 3. The fourth-order valence-electron chi connectivity index (χ4n) is 2.14. The van der Waals surface area contributed by atoms with Crippen LogP contribution in [0.15, 0.2) is 29.2 Å². The molecule has 1 heterocycles. The van der Waals surface area contributed by atoms with Crippen molar-refractivity contribution in [2.24, 2.45) is 0 Å². The fraction of sp³-hybridized carbons (Fsp3) is 0.429. The van der Waals surface area contributed by atoms with Crippen LogP contribution in [0.25, 0.3) is 0 Å². The number of likely N-dealkylation sites (tertiary alicyclic amines) is 1. The van der Waals surface area contributed by atoms with Crippen molar-refractivity contribution in [2.45, 2.75) is 24.2 Å². The number of para-hydroxylation sites is 1. The Bertz CT molecular complexity index is 476. The van der Waals surface area contributed by atoms with E-state index in [9.17, 15) is 9.59 Å². The van der Waals surface area contributed by atoms with Crippen LogP contribution in [0.5, 0.6) is 0 Å². The van der Waals surface area contributed by atoms with E-state index in [1.165, 1.54) is 0 Å². The first kappa shape index (κ1) is 13.9. The van der Waals surface area contributed by atoms with Gasteiger partial charge in [0.15, 0.2) is 0 Å². The van der Waals surface area contributed by atoms with Crippen LogP contribution >= 0.6 is 11.8 Å². The molecule has 1 aromatic carbocycles. The van der Waals surface area contributed by atoms with Gasteiger partial charge in [0.1, 0.15) is 0 Å². The maximum absolute atomic E-state index is 12.0. The number of rotatable bonds is 4. The normalized spacial score (nSPS) is 15.4. The number of anilines is 1. The van der Waals surface area contributed by atoms with E-state index in [2.05, 4.69) is 5.32 Å². The van der Waals surface area contributed by atoms with Crippen LogP contribution < -0.4 is 5.32 Å². The molecule has 4 nitrogen and oxygen atoms in total. The maximum atomic E-state index is 12.0. The number of carbonyl (C=O) groups is 2. The maximum Gasteiger partial charge on any atom is 0.244 e. The van der Waals surface area contributed by atoms with E-state index in [-0.39, 0.29) is 18.4 Å². The van der Waals surface area contributed by atoms with Gasteiger partial charge >= 0.3 is 0 Å². The van der Waals surface area contributed by atoms with Crippen molar-refractivity contribution in [3.05, 3.63) is 24.3 Å². The molecule has 1 aromatic rings. The van der Waals surface area contributed by atoms with Crippen molar-refractivity contribution in [2.75, 3.05) is 24.7 Å². The van der Waals surface area contributed by atoms with Crippen LogP contribution in [-0.4, -0.2) is 36.1 Å². The third-order valence-electron chi connectivity index (χ3n) is 3.14. The van der Waals surface area contributed by atoms with Crippen LogP contribution in [0.4, 0.5) is 5.69 Å². The Balaban J connectivity index is 1.95. The molecule has 5 heteroatoms. The number of piperidine rings is 1. The number of carbonyl (C=O) groups excluding carboxylic acids is 2. The number of nitrogens with zero attached hydrogens (tertiary/aromatic N) is 1. The Hall–Kier alpha value is -1.49. The minimum Gasteiger partial charge on any atom is -0.333 e. The molecule has 19 heavy (non-hydrogen) atoms. The molecule has 1 fully saturated rings. The highest BCUT2D eigenvalue weighted by Gasteiger charge is 2.20. The van der Waals surface area contributed by atoms with Crippen LogP contribution in [0.1, 0.15) is 19.3 Å². The minimum absolute atomic E-state index is 0.0829. The van der Waals surface area contributed by atoms with E-state index in [0.717, 1.165) is 23.4 Å². The predicted molar refractivity (Wildman–Crippen MR) is 77.3 cm³/mol. The van der Waals surface area contributed by atoms with Crippen LogP contribution in [0.3, 0.4) is 0 Å². The average molecular weight is 278 g/mol. The Labute approximate surface area is 117 Å². The summed E-state index contributed by atoms with van der Waals surface area (Å²) in [5, 5.41) is 2.88. The summed E-state index contributed by atoms with van der Waals surface area (Å²) < 4.78 is 0. The molecule has 0 spiro atoms. The molecular weight excluding hydrogens is 260 g/mol. The van der Waals surface area contributed by atoms with E-state index in [0.29, 0.717) is 13.0 Å². The first-order valence-corrected chi connectivity index (χ1v) is 7.64. The highest BCUT2D eigenvalue weighted by atomic mass is 32.2. The standard InChI is InChI=1S/C14H18N2O2S/c1-19-12-7-3-2-6-11(12)15-13(17)10-16-9-5-4-8-14(16)18/h2-3,6-7H,4-5,8-10H2,1H3,(H,15,17). The smallest absolute Gasteiger partial charge is 0.244 e. The summed E-state index contributed by atoms with van der Waals surface area (Å²) in [7, 11) is 0. The zero-order valence-electron chi connectivity index (χ0n) is 11.0. The lowest BCUT2D eigenvalue weighted by Crippen LogP contribution is -2.40. The molecule has 1 N–H and O–H groups in total. The average Bonchev–Trinajstić information content (AvgIpc) is 2.42. The monoisotopic (exact) mass is 278 g/mol. The van der Waals surface area contributed by atoms with Gasteiger partial charge in [0.05, 0.1) is 12.2 Å². The van der Waals surface area contributed by atoms with Gasteiger partial charge < -0.3 is 10.2 Å². The predicted octanol–water partition coefficient (Wildman–Crippen LogP) is 2.36. The van der Waals surface area contributed by atoms with E-state index >= 15 is 0 Å². The summed E-state index contributed by atoms with van der Waals surface area (Å²) in [4.78, 5) is 26.3. The van der Waals surface area contributed by atoms with Gasteiger partial charge in [-0.2, -0.15) is 0 Å². The third kappa shape index (κ3) is 3.73. The summed E-state index contributed by atoms with van der Waals surface area (Å²) in [6.45, 7) is 0.845. The topological polar surface area (TPSA) is 49.4 Å². The Morgan fingerprint density at radius 3 is 2.89 bits per heavy atom. The summed E-state index contributed by atoms with van der Waals surface area (Å²) >= 11 is 1.59. The van der Waals surface area contributed by atoms with Crippen molar-refractivity contribution in [1.29, 1.82) is 0 Å². The summed E-state index contributed by atoms with van der Waals surface area (Å²) in [6, 6.07) is 7.67. The van der Waals surface area contributed by atoms with Gasteiger partial charge in [-0.25, -0.2) is 0 Å². The highest BCUT2D eigenvalue weighted by Crippen LogP contribution is 2.24. The van der Waals surface area contributed by atoms with Gasteiger partial charge in [-0.1, -0.05) is 12.1 Å². The van der Waals surface area contributed by atoms with Crippen molar-refractivity contribution in [1.82, 2.24) is 4.90 Å². The highest BCUT2D eigenvalue weighted by molar-refractivity contribution is 7.98. The first-order chi connectivity index (χ1) is 9.20. The molecular formula is C14H18N2O2S. The second-order valence-corrected chi connectivity index (χ2v) is 5.37. The number of nitrogens with one attached hydrogen (secondary N) is 1. The third-order valence-corrected chi connectivity index (χ3v) is 3.93. The molecule has 1 aliphatic rings. The molecule has 0 saturated carbocycles. The lowest BCUT2D eigenvalue weighted by molar-refractivity contribution is -0.136. The van der Waals surface area contributed by atoms with Gasteiger partial charge in [-0.3, -0.25) is 9.59 Å². The van der Waals surface area contributed by atoms with E-state index in [4.69, 9.17) is 0 Å². The van der Waals surface area contributed by atoms with Gasteiger partial charge in [-0.15, -0.1) is 11.8 Å². The number of hydrogen-bond donors (Lipinski definition) is 1. The number of benzene rings is 1. The molecule has 2 amide bonds. The Morgan fingerprint density at radius 2 is 2.16 bits per heavy atom. The summed E-state index contributed by atoms with van der Waals surface area (Å²) in [6.07, 6.45) is 4.46. The number of amides is 2. The zero-order valence-corrected chi connectivity index (χ0v) is 11.8. The van der Waals surface area contributed by atoms with Crippen LogP contribution in [0.2, 0.25) is 0 Å². The molecule has 1 aliphatic heterocycles. The van der Waals surface area contributed by atoms with E-state index < -0.39 is 0 Å². The Kier molecular flexibility index (Phi) is 4.85. The largest absolute Gasteiger partial charge is 0.333 e. The SMILES string of the molecule is CSc1ccccc1NC(=O)CN1CCCCC1=O. The molecule has 0 atom stereocenters. The quantitative estimate of drug-likeness (QED) is 0.860. The minimum atomic E-state index is -0.128. The molecule has 0 aliphatic carbocycles. The van der Waals surface area contributed by atoms with Crippen molar-refractivity contribution in [3.8, 4) is 0 Å². The molecule has 0 radical (unpaired) electrons. The second kappa shape index (κ2) is 6.61. The van der Waals surface area contributed by atoms with Crippen LogP contribution in [-0.2, 0) is 9.59 Å². The Morgan fingerprint density at radius 1 is 1.37 bits per heavy atom. The first-order valence-electron chi connectivity index (χ1n) is 6.41. The van der Waals surface area contributed by atoms with Gasteiger partial charge in [0, 0.05) is 17.9 Å². The van der Waals surface area contributed by atoms with Gasteiger partial charge in [-0.05, 0) is 31.2 Å². The van der Waals surface area contributed by atoms with Crippen molar-refractivity contribution < 1.29 is 9.59 Å². The molecule has 2 rings (SSSR count). The van der Waals surface area contributed by atoms with E-state index in [1.54, 1.807) is 16.7 Å². The fourth-order valence-corrected chi connectivity index (χ4v) is 2.69. The molecule has 0 bridgehead atoms.